The molecule has 2 heterocycles. The maximum atomic E-state index is 12.4. The molecule has 3 aromatic rings. The molecule has 1 aromatic carbocycles. The van der Waals surface area contributed by atoms with Crippen molar-refractivity contribution < 1.29 is 4.79 Å². The van der Waals surface area contributed by atoms with Crippen LogP contribution in [-0.2, 0) is 11.2 Å². The van der Waals surface area contributed by atoms with E-state index in [-0.39, 0.29) is 17.1 Å². The van der Waals surface area contributed by atoms with Crippen molar-refractivity contribution in [2.45, 2.75) is 36.6 Å². The van der Waals surface area contributed by atoms with Gasteiger partial charge in [-0.05, 0) is 29.9 Å². The van der Waals surface area contributed by atoms with Gasteiger partial charge in [0.2, 0.25) is 11.1 Å². The summed E-state index contributed by atoms with van der Waals surface area (Å²) >= 11 is 3.07. The number of nitrogens with one attached hydrogen (secondary N) is 2. The molecule has 0 aliphatic carbocycles. The molecule has 2 N–H and O–H groups in total. The Bertz CT molecular complexity index is 817. The highest BCUT2D eigenvalue weighted by molar-refractivity contribution is 8.00. The van der Waals surface area contributed by atoms with Crippen molar-refractivity contribution in [3.05, 3.63) is 64.1 Å². The number of carbonyl (C=O) groups is 1. The number of H-pyrrole nitrogens is 1. The van der Waals surface area contributed by atoms with Gasteiger partial charge in [-0.15, -0.1) is 16.4 Å². The van der Waals surface area contributed by atoms with Crippen LogP contribution in [0, 0.1) is 0 Å². The summed E-state index contributed by atoms with van der Waals surface area (Å²) in [7, 11) is 0. The quantitative estimate of drug-likeness (QED) is 0.577. The predicted molar refractivity (Wildman–Crippen MR) is 107 cm³/mol. The van der Waals surface area contributed by atoms with Gasteiger partial charge in [0.25, 0.3) is 0 Å². The predicted octanol–water partition coefficient (Wildman–Crippen LogP) is 3.86. The number of nitrogens with zero attached hydrogens (tertiary/aromatic N) is 2. The summed E-state index contributed by atoms with van der Waals surface area (Å²) < 4.78 is 0. The summed E-state index contributed by atoms with van der Waals surface area (Å²) in [6.45, 7) is 4.60. The van der Waals surface area contributed by atoms with Gasteiger partial charge < -0.3 is 5.32 Å². The lowest BCUT2D eigenvalue weighted by atomic mass is 10.0. The molecule has 1 amide bonds. The van der Waals surface area contributed by atoms with Crippen LogP contribution in [0.2, 0.25) is 0 Å². The van der Waals surface area contributed by atoms with E-state index in [4.69, 9.17) is 0 Å². The molecule has 0 fully saturated rings. The van der Waals surface area contributed by atoms with Gasteiger partial charge in [0.05, 0.1) is 5.25 Å². The molecule has 0 radical (unpaired) electrons. The highest BCUT2D eigenvalue weighted by Crippen LogP contribution is 2.21. The average Bonchev–Trinajstić information content (AvgIpc) is 3.32. The summed E-state index contributed by atoms with van der Waals surface area (Å²) in [6, 6.07) is 14.3. The van der Waals surface area contributed by atoms with Crippen LogP contribution in [0.5, 0.6) is 0 Å². The van der Waals surface area contributed by atoms with Crippen LogP contribution in [0.15, 0.2) is 53.0 Å². The van der Waals surface area contributed by atoms with E-state index in [1.807, 2.05) is 36.6 Å². The number of benzene rings is 1. The summed E-state index contributed by atoms with van der Waals surface area (Å²) in [5, 5.41) is 12.6. The third-order valence-electron chi connectivity index (χ3n) is 4.04. The van der Waals surface area contributed by atoms with Crippen molar-refractivity contribution in [2.24, 2.45) is 0 Å². The van der Waals surface area contributed by atoms with Gasteiger partial charge in [-0.25, -0.2) is 4.98 Å². The molecule has 26 heavy (non-hydrogen) atoms. The van der Waals surface area contributed by atoms with Crippen LogP contribution in [0.4, 0.5) is 0 Å². The lowest BCUT2D eigenvalue weighted by Crippen LogP contribution is -2.33. The Hall–Kier alpha value is -2.12. The van der Waals surface area contributed by atoms with Gasteiger partial charge in [-0.1, -0.05) is 55.1 Å². The van der Waals surface area contributed by atoms with Crippen LogP contribution >= 0.6 is 23.1 Å². The van der Waals surface area contributed by atoms with Gasteiger partial charge in [0.1, 0.15) is 5.82 Å². The first-order chi connectivity index (χ1) is 12.6. The molecule has 2 atom stereocenters. The maximum Gasteiger partial charge on any atom is 0.233 e. The fourth-order valence-electron chi connectivity index (χ4n) is 2.50. The molecular formula is C19H22N4OS2. The Labute approximate surface area is 161 Å². The molecule has 0 saturated carbocycles. The zero-order chi connectivity index (χ0) is 18.4. The van der Waals surface area contributed by atoms with E-state index in [0.29, 0.717) is 11.7 Å². The molecule has 0 spiro atoms. The molecule has 7 heteroatoms. The first kappa shape index (κ1) is 18.7. The smallest absolute Gasteiger partial charge is 0.233 e. The summed E-state index contributed by atoms with van der Waals surface area (Å²) in [6.07, 6.45) is 0.737. The molecule has 2 aromatic heterocycles. The van der Waals surface area contributed by atoms with E-state index in [2.05, 4.69) is 45.6 Å². The van der Waals surface area contributed by atoms with Gasteiger partial charge in [-0.3, -0.25) is 9.89 Å². The molecule has 0 bridgehead atoms. The monoisotopic (exact) mass is 386 g/mol. The van der Waals surface area contributed by atoms with E-state index in [1.165, 1.54) is 22.2 Å². The van der Waals surface area contributed by atoms with E-state index >= 15 is 0 Å². The number of amides is 1. The van der Waals surface area contributed by atoms with E-state index in [9.17, 15) is 4.79 Å². The first-order valence-corrected chi connectivity index (χ1v) is 10.3. The number of aromatic amines is 1. The number of thioether (sulfide) groups is 1. The third-order valence-corrected chi connectivity index (χ3v) is 5.87. The summed E-state index contributed by atoms with van der Waals surface area (Å²) in [5.74, 6) is 1.10. The van der Waals surface area contributed by atoms with Crippen LogP contribution in [0.3, 0.4) is 0 Å². The zero-order valence-electron chi connectivity index (χ0n) is 14.8. The summed E-state index contributed by atoms with van der Waals surface area (Å²) in [4.78, 5) is 18.1. The lowest BCUT2D eigenvalue weighted by molar-refractivity contribution is -0.120. The number of hydrogen-bond donors (Lipinski definition) is 2. The van der Waals surface area contributed by atoms with Gasteiger partial charge in [0, 0.05) is 17.8 Å². The molecule has 0 aliphatic rings. The topological polar surface area (TPSA) is 70.7 Å². The fraction of sp³-hybridized carbons (Fsp3) is 0.316. The Kier molecular flexibility index (Phi) is 6.46. The van der Waals surface area contributed by atoms with Gasteiger partial charge >= 0.3 is 0 Å². The van der Waals surface area contributed by atoms with Gasteiger partial charge in [-0.2, -0.15) is 0 Å². The number of rotatable bonds is 8. The van der Waals surface area contributed by atoms with Crippen molar-refractivity contribution in [3.8, 4) is 0 Å². The Balaban J connectivity index is 1.47. The van der Waals surface area contributed by atoms with Crippen molar-refractivity contribution in [1.82, 2.24) is 20.5 Å². The largest absolute Gasteiger partial charge is 0.355 e. The van der Waals surface area contributed by atoms with Crippen molar-refractivity contribution in [3.63, 3.8) is 0 Å². The van der Waals surface area contributed by atoms with E-state index < -0.39 is 0 Å². The Morgan fingerprint density at radius 2 is 2.04 bits per heavy atom. The number of thiophene rings is 1. The highest BCUT2D eigenvalue weighted by Gasteiger charge is 2.18. The van der Waals surface area contributed by atoms with Crippen LogP contribution < -0.4 is 5.32 Å². The molecule has 0 saturated heterocycles. The van der Waals surface area contributed by atoms with Gasteiger partial charge in [0.15, 0.2) is 0 Å². The summed E-state index contributed by atoms with van der Waals surface area (Å²) in [5.41, 5.74) is 1.22. The maximum absolute atomic E-state index is 12.4. The average molecular weight is 387 g/mol. The second-order valence-corrected chi connectivity index (χ2v) is 8.48. The fourth-order valence-corrected chi connectivity index (χ4v) is 3.97. The second kappa shape index (κ2) is 9.00. The van der Waals surface area contributed by atoms with Crippen LogP contribution in [0.1, 0.15) is 36.0 Å². The molecule has 5 nitrogen and oxygen atoms in total. The molecular weight excluding hydrogens is 364 g/mol. The minimum absolute atomic E-state index is 0.00221. The number of hydrogen-bond acceptors (Lipinski definition) is 5. The highest BCUT2D eigenvalue weighted by atomic mass is 32.2. The van der Waals surface area contributed by atoms with E-state index in [0.717, 1.165) is 12.2 Å². The molecule has 0 aliphatic heterocycles. The van der Waals surface area contributed by atoms with E-state index in [1.54, 1.807) is 11.3 Å². The lowest BCUT2D eigenvalue weighted by Gasteiger charge is -2.15. The minimum atomic E-state index is -0.247. The Morgan fingerprint density at radius 1 is 1.23 bits per heavy atom. The van der Waals surface area contributed by atoms with Crippen molar-refractivity contribution in [1.29, 1.82) is 0 Å². The first-order valence-electron chi connectivity index (χ1n) is 8.55. The molecule has 136 valence electrons. The third kappa shape index (κ3) is 5.19. The number of aromatic nitrogens is 3. The molecule has 3 rings (SSSR count). The van der Waals surface area contributed by atoms with Crippen molar-refractivity contribution in [2.75, 3.05) is 6.54 Å². The number of carbonyl (C=O) groups excluding carboxylic acids is 1. The minimum Gasteiger partial charge on any atom is -0.355 e. The normalized spacial score (nSPS) is 13.3. The van der Waals surface area contributed by atoms with Crippen LogP contribution in [0.25, 0.3) is 0 Å². The molecule has 2 unspecified atom stereocenters. The zero-order valence-corrected chi connectivity index (χ0v) is 16.4. The SMILES string of the molecule is CC(Sc1n[nH]c(Cc2cccs2)n1)C(=O)NCC(C)c1ccccc1. The standard InChI is InChI=1S/C19H22N4OS2/c1-13(15-7-4-3-5-8-15)12-20-18(24)14(2)26-19-21-17(22-23-19)11-16-9-6-10-25-16/h3-10,13-14H,11-12H2,1-2H3,(H,20,24)(H,21,22,23). The Morgan fingerprint density at radius 3 is 2.77 bits per heavy atom. The second-order valence-electron chi connectivity index (χ2n) is 6.14. The van der Waals surface area contributed by atoms with Crippen molar-refractivity contribution >= 4 is 29.0 Å². The van der Waals surface area contributed by atoms with Crippen LogP contribution in [-0.4, -0.2) is 32.9 Å².